The SMILES string of the molecule is CCOC(=O)c1ccnc(NC(=O)CCC2c3c(F)cccc3C(=O)N2Cc2ccc(F)cc2)c1. The molecule has 35 heavy (non-hydrogen) atoms. The van der Waals surface area contributed by atoms with Crippen LogP contribution in [0.25, 0.3) is 0 Å². The lowest BCUT2D eigenvalue weighted by Gasteiger charge is -2.25. The van der Waals surface area contributed by atoms with Crippen LogP contribution in [0.15, 0.2) is 60.8 Å². The Labute approximate surface area is 200 Å². The lowest BCUT2D eigenvalue weighted by atomic mass is 9.99. The van der Waals surface area contributed by atoms with Gasteiger partial charge in [-0.05, 0) is 55.3 Å². The van der Waals surface area contributed by atoms with Gasteiger partial charge in [0.1, 0.15) is 17.5 Å². The maximum Gasteiger partial charge on any atom is 0.338 e. The van der Waals surface area contributed by atoms with Gasteiger partial charge in [-0.25, -0.2) is 18.6 Å². The van der Waals surface area contributed by atoms with Gasteiger partial charge in [-0.1, -0.05) is 18.2 Å². The summed E-state index contributed by atoms with van der Waals surface area (Å²) >= 11 is 0. The minimum atomic E-state index is -0.673. The Bertz CT molecular complexity index is 1260. The number of aromatic nitrogens is 1. The van der Waals surface area contributed by atoms with Gasteiger partial charge >= 0.3 is 5.97 Å². The molecule has 1 aliphatic rings. The smallest absolute Gasteiger partial charge is 0.338 e. The van der Waals surface area contributed by atoms with Crippen molar-refractivity contribution >= 4 is 23.6 Å². The van der Waals surface area contributed by atoms with Crippen molar-refractivity contribution in [2.45, 2.75) is 32.4 Å². The molecule has 2 aromatic carbocycles. The average molecular weight is 479 g/mol. The first-order valence-corrected chi connectivity index (χ1v) is 11.1. The highest BCUT2D eigenvalue weighted by molar-refractivity contribution is 5.99. The number of halogens is 2. The fourth-order valence-corrected chi connectivity index (χ4v) is 4.10. The standard InChI is InChI=1S/C26H23F2N3O4/c1-2-35-26(34)17-12-13-29-22(14-17)30-23(32)11-10-21-24-19(4-3-5-20(24)28)25(33)31(21)15-16-6-8-18(27)9-7-16/h3-9,12-14,21H,2,10-11,15H2,1H3,(H,29,30,32). The normalized spacial score (nSPS) is 14.5. The van der Waals surface area contributed by atoms with E-state index in [-0.39, 0.29) is 54.4 Å². The number of benzene rings is 2. The largest absolute Gasteiger partial charge is 0.462 e. The number of fused-ring (bicyclic) bond motifs is 1. The lowest BCUT2D eigenvalue weighted by Crippen LogP contribution is -2.28. The number of anilines is 1. The van der Waals surface area contributed by atoms with Crippen molar-refractivity contribution in [2.24, 2.45) is 0 Å². The van der Waals surface area contributed by atoms with Gasteiger partial charge in [0.15, 0.2) is 0 Å². The molecular formula is C26H23F2N3O4. The molecule has 0 spiro atoms. The molecule has 1 aliphatic heterocycles. The molecule has 0 aliphatic carbocycles. The van der Waals surface area contributed by atoms with Crippen LogP contribution in [0.5, 0.6) is 0 Å². The second-order valence-corrected chi connectivity index (χ2v) is 8.01. The van der Waals surface area contributed by atoms with Gasteiger partial charge in [0.2, 0.25) is 5.91 Å². The molecule has 1 aromatic heterocycles. The van der Waals surface area contributed by atoms with Gasteiger partial charge in [-0.2, -0.15) is 0 Å². The molecule has 2 amide bonds. The van der Waals surface area contributed by atoms with Crippen LogP contribution in [-0.2, 0) is 16.1 Å². The van der Waals surface area contributed by atoms with Crippen molar-refractivity contribution in [2.75, 3.05) is 11.9 Å². The van der Waals surface area contributed by atoms with E-state index in [1.54, 1.807) is 25.1 Å². The first kappa shape index (κ1) is 24.0. The number of nitrogens with one attached hydrogen (secondary N) is 1. The Kier molecular flexibility index (Phi) is 7.14. The van der Waals surface area contributed by atoms with Crippen LogP contribution in [0.3, 0.4) is 0 Å². The molecule has 3 aromatic rings. The number of carbonyl (C=O) groups excluding carboxylic acids is 3. The van der Waals surface area contributed by atoms with Crippen molar-refractivity contribution in [1.82, 2.24) is 9.88 Å². The third kappa shape index (κ3) is 5.34. The first-order valence-electron chi connectivity index (χ1n) is 11.1. The average Bonchev–Trinajstić information content (AvgIpc) is 3.11. The summed E-state index contributed by atoms with van der Waals surface area (Å²) in [5.74, 6) is -2.02. The third-order valence-electron chi connectivity index (χ3n) is 5.70. The molecule has 0 saturated heterocycles. The molecule has 1 unspecified atom stereocenters. The van der Waals surface area contributed by atoms with Gasteiger partial charge in [-0.15, -0.1) is 0 Å². The van der Waals surface area contributed by atoms with Crippen LogP contribution >= 0.6 is 0 Å². The zero-order valence-electron chi connectivity index (χ0n) is 19.0. The number of ether oxygens (including phenoxy) is 1. The van der Waals surface area contributed by atoms with E-state index in [1.165, 1.54) is 47.5 Å². The summed E-state index contributed by atoms with van der Waals surface area (Å²) in [6, 6.07) is 12.2. The highest BCUT2D eigenvalue weighted by Crippen LogP contribution is 2.39. The topological polar surface area (TPSA) is 88.6 Å². The number of hydrogen-bond acceptors (Lipinski definition) is 5. The number of hydrogen-bond donors (Lipinski definition) is 1. The fourth-order valence-electron chi connectivity index (χ4n) is 4.10. The summed E-state index contributed by atoms with van der Waals surface area (Å²) in [4.78, 5) is 43.2. The molecule has 180 valence electrons. The predicted molar refractivity (Wildman–Crippen MR) is 123 cm³/mol. The molecule has 2 heterocycles. The van der Waals surface area contributed by atoms with E-state index in [1.807, 2.05) is 0 Å². The minimum Gasteiger partial charge on any atom is -0.462 e. The van der Waals surface area contributed by atoms with Crippen molar-refractivity contribution in [3.63, 3.8) is 0 Å². The van der Waals surface area contributed by atoms with E-state index in [4.69, 9.17) is 4.74 Å². The van der Waals surface area contributed by atoms with Crippen LogP contribution in [0.4, 0.5) is 14.6 Å². The van der Waals surface area contributed by atoms with Gasteiger partial charge in [0.25, 0.3) is 5.91 Å². The molecule has 0 saturated carbocycles. The minimum absolute atomic E-state index is 0.0308. The zero-order valence-corrected chi connectivity index (χ0v) is 19.0. The number of amides is 2. The number of esters is 1. The summed E-state index contributed by atoms with van der Waals surface area (Å²) in [5.41, 5.74) is 1.43. The molecule has 0 fully saturated rings. The van der Waals surface area contributed by atoms with Gasteiger partial charge in [-0.3, -0.25) is 9.59 Å². The van der Waals surface area contributed by atoms with Crippen molar-refractivity contribution in [3.8, 4) is 0 Å². The van der Waals surface area contributed by atoms with E-state index >= 15 is 0 Å². The quantitative estimate of drug-likeness (QED) is 0.475. The highest BCUT2D eigenvalue weighted by Gasteiger charge is 2.38. The van der Waals surface area contributed by atoms with Crippen LogP contribution in [0, 0.1) is 11.6 Å². The van der Waals surface area contributed by atoms with E-state index in [2.05, 4.69) is 10.3 Å². The summed E-state index contributed by atoms with van der Waals surface area (Å²) in [5, 5.41) is 2.63. The molecule has 4 rings (SSSR count). The Balaban J connectivity index is 1.49. The van der Waals surface area contributed by atoms with Gasteiger partial charge < -0.3 is 15.0 Å². The van der Waals surface area contributed by atoms with E-state index in [0.717, 1.165) is 0 Å². The maximum atomic E-state index is 14.8. The number of pyridine rings is 1. The molecular weight excluding hydrogens is 456 g/mol. The summed E-state index contributed by atoms with van der Waals surface area (Å²) in [7, 11) is 0. The lowest BCUT2D eigenvalue weighted by molar-refractivity contribution is -0.116. The van der Waals surface area contributed by atoms with Crippen molar-refractivity contribution in [3.05, 3.63) is 94.7 Å². The Hall–Kier alpha value is -4.14. The van der Waals surface area contributed by atoms with Crippen molar-refractivity contribution in [1.29, 1.82) is 0 Å². The fraction of sp³-hybridized carbons (Fsp3) is 0.231. The zero-order chi connectivity index (χ0) is 24.9. The number of rotatable bonds is 8. The molecule has 1 N–H and O–H groups in total. The van der Waals surface area contributed by atoms with E-state index in [9.17, 15) is 23.2 Å². The highest BCUT2D eigenvalue weighted by atomic mass is 19.1. The van der Waals surface area contributed by atoms with Crippen LogP contribution in [0.1, 0.15) is 57.7 Å². The third-order valence-corrected chi connectivity index (χ3v) is 5.70. The van der Waals surface area contributed by atoms with E-state index in [0.29, 0.717) is 5.56 Å². The Morgan fingerprint density at radius 1 is 1.11 bits per heavy atom. The number of carbonyl (C=O) groups is 3. The van der Waals surface area contributed by atoms with Gasteiger partial charge in [0.05, 0.1) is 18.2 Å². The summed E-state index contributed by atoms with van der Waals surface area (Å²) < 4.78 is 33.0. The van der Waals surface area contributed by atoms with Crippen molar-refractivity contribution < 1.29 is 27.9 Å². The molecule has 1 atom stereocenters. The molecule has 0 radical (unpaired) electrons. The Morgan fingerprint density at radius 3 is 2.63 bits per heavy atom. The molecule has 7 nitrogen and oxygen atoms in total. The maximum absolute atomic E-state index is 14.8. The number of nitrogens with zero attached hydrogens (tertiary/aromatic N) is 2. The molecule has 0 bridgehead atoms. The van der Waals surface area contributed by atoms with Crippen LogP contribution < -0.4 is 5.32 Å². The summed E-state index contributed by atoms with van der Waals surface area (Å²) in [6.07, 6.45) is 1.51. The van der Waals surface area contributed by atoms with Gasteiger partial charge in [0, 0.05) is 30.3 Å². The second kappa shape index (κ2) is 10.4. The second-order valence-electron chi connectivity index (χ2n) is 8.01. The monoisotopic (exact) mass is 479 g/mol. The Morgan fingerprint density at radius 2 is 1.89 bits per heavy atom. The van der Waals surface area contributed by atoms with E-state index < -0.39 is 29.6 Å². The van der Waals surface area contributed by atoms with Crippen LogP contribution in [-0.4, -0.2) is 34.3 Å². The summed E-state index contributed by atoms with van der Waals surface area (Å²) in [6.45, 7) is 2.05. The first-order chi connectivity index (χ1) is 16.9. The predicted octanol–water partition coefficient (Wildman–Crippen LogP) is 4.65. The molecule has 9 heteroatoms. The van der Waals surface area contributed by atoms with Crippen LogP contribution in [0.2, 0.25) is 0 Å².